The summed E-state index contributed by atoms with van der Waals surface area (Å²) in [5.74, 6) is 0.624. The first kappa shape index (κ1) is 21.7. The molecule has 1 aliphatic heterocycles. The normalized spacial score (nSPS) is 14.9. The molecular weight excluding hydrogens is 404 g/mol. The zero-order valence-electron chi connectivity index (χ0n) is 18.0. The number of fused-ring (bicyclic) bond motifs is 1. The van der Waals surface area contributed by atoms with Gasteiger partial charge in [0, 0.05) is 51.0 Å². The van der Waals surface area contributed by atoms with Crippen molar-refractivity contribution in [2.24, 2.45) is 5.73 Å². The van der Waals surface area contributed by atoms with Crippen LogP contribution in [0.5, 0.6) is 0 Å². The zero-order valence-corrected chi connectivity index (χ0v) is 18.0. The number of rotatable bonds is 7. The summed E-state index contributed by atoms with van der Waals surface area (Å²) < 4.78 is 0. The number of nitrogens with two attached hydrogens (primary N) is 1. The number of hydrogen-bond donors (Lipinski definition) is 2. The minimum Gasteiger partial charge on any atom is -0.352 e. The summed E-state index contributed by atoms with van der Waals surface area (Å²) in [4.78, 5) is 38.4. The van der Waals surface area contributed by atoms with Crippen molar-refractivity contribution in [1.82, 2.24) is 20.2 Å². The van der Waals surface area contributed by atoms with Crippen molar-refractivity contribution >= 4 is 28.5 Å². The van der Waals surface area contributed by atoms with Gasteiger partial charge >= 0.3 is 0 Å². The number of carbonyl (C=O) groups excluding carboxylic acids is 2. The lowest BCUT2D eigenvalue weighted by molar-refractivity contribution is -0.136. The number of anilines is 1. The summed E-state index contributed by atoms with van der Waals surface area (Å²) in [7, 11) is 0. The van der Waals surface area contributed by atoms with Crippen LogP contribution in [0.25, 0.3) is 10.9 Å². The van der Waals surface area contributed by atoms with Gasteiger partial charge in [-0.05, 0) is 17.7 Å². The van der Waals surface area contributed by atoms with E-state index in [2.05, 4.69) is 20.2 Å². The molecule has 2 heterocycles. The van der Waals surface area contributed by atoms with Gasteiger partial charge in [0.2, 0.25) is 11.8 Å². The van der Waals surface area contributed by atoms with E-state index in [0.29, 0.717) is 32.6 Å². The van der Waals surface area contributed by atoms with Gasteiger partial charge < -0.3 is 20.9 Å². The molecule has 1 fully saturated rings. The van der Waals surface area contributed by atoms with Crippen LogP contribution < -0.4 is 16.0 Å². The molecule has 1 saturated heterocycles. The predicted octanol–water partition coefficient (Wildman–Crippen LogP) is 1.35. The molecule has 166 valence electrons. The Morgan fingerprint density at radius 3 is 2.44 bits per heavy atom. The molecule has 32 heavy (non-hydrogen) atoms. The van der Waals surface area contributed by atoms with Crippen LogP contribution in [-0.4, -0.2) is 65.4 Å². The van der Waals surface area contributed by atoms with Crippen molar-refractivity contribution in [3.05, 3.63) is 66.5 Å². The average molecular weight is 433 g/mol. The fourth-order valence-electron chi connectivity index (χ4n) is 4.05. The number of para-hydroxylation sites is 1. The summed E-state index contributed by atoms with van der Waals surface area (Å²) in [6, 6.07) is 17.1. The second-order valence-corrected chi connectivity index (χ2v) is 7.88. The maximum atomic E-state index is 13.3. The van der Waals surface area contributed by atoms with Crippen molar-refractivity contribution in [3.63, 3.8) is 0 Å². The van der Waals surface area contributed by atoms with Gasteiger partial charge in [-0.2, -0.15) is 0 Å². The lowest BCUT2D eigenvalue weighted by Gasteiger charge is -2.37. The number of nitrogens with zero attached hydrogens (tertiary/aromatic N) is 4. The fraction of sp³-hybridized carbons (Fsp3) is 0.333. The molecule has 0 aliphatic carbocycles. The van der Waals surface area contributed by atoms with Crippen LogP contribution in [0.3, 0.4) is 0 Å². The first-order valence-electron chi connectivity index (χ1n) is 10.9. The molecule has 0 radical (unpaired) electrons. The Balaban J connectivity index is 1.45. The summed E-state index contributed by atoms with van der Waals surface area (Å²) in [5.41, 5.74) is 7.42. The number of piperazine rings is 1. The summed E-state index contributed by atoms with van der Waals surface area (Å²) in [6.07, 6.45) is 2.23. The van der Waals surface area contributed by atoms with Crippen molar-refractivity contribution in [1.29, 1.82) is 0 Å². The Labute approximate surface area is 187 Å². The second kappa shape index (κ2) is 10.2. The minimum absolute atomic E-state index is 0.0635. The highest BCUT2D eigenvalue weighted by molar-refractivity contribution is 5.90. The van der Waals surface area contributed by atoms with E-state index in [1.807, 2.05) is 59.5 Å². The molecule has 2 amide bonds. The van der Waals surface area contributed by atoms with Gasteiger partial charge in [-0.1, -0.05) is 42.5 Å². The summed E-state index contributed by atoms with van der Waals surface area (Å²) in [6.45, 7) is 2.72. The topological polar surface area (TPSA) is 104 Å². The molecule has 0 bridgehead atoms. The maximum absolute atomic E-state index is 13.3. The van der Waals surface area contributed by atoms with Crippen molar-refractivity contribution in [2.75, 3.05) is 37.6 Å². The van der Waals surface area contributed by atoms with Gasteiger partial charge in [0.15, 0.2) is 0 Å². The van der Waals surface area contributed by atoms with E-state index in [9.17, 15) is 9.59 Å². The fourth-order valence-corrected chi connectivity index (χ4v) is 4.05. The maximum Gasteiger partial charge on any atom is 0.245 e. The highest BCUT2D eigenvalue weighted by atomic mass is 16.2. The van der Waals surface area contributed by atoms with Gasteiger partial charge in [0.25, 0.3) is 0 Å². The summed E-state index contributed by atoms with van der Waals surface area (Å²) >= 11 is 0. The number of hydrogen-bond acceptors (Lipinski definition) is 6. The molecule has 0 saturated carbocycles. The van der Waals surface area contributed by atoms with E-state index in [1.54, 1.807) is 6.33 Å². The van der Waals surface area contributed by atoms with E-state index >= 15 is 0 Å². The Hall–Kier alpha value is -3.52. The third-order valence-electron chi connectivity index (χ3n) is 5.70. The number of nitrogens with one attached hydrogen (secondary N) is 1. The largest absolute Gasteiger partial charge is 0.352 e. The first-order valence-corrected chi connectivity index (χ1v) is 10.9. The van der Waals surface area contributed by atoms with Crippen molar-refractivity contribution in [3.8, 4) is 0 Å². The first-order chi connectivity index (χ1) is 15.7. The lowest BCUT2D eigenvalue weighted by Crippen LogP contribution is -2.55. The average Bonchev–Trinajstić information content (AvgIpc) is 2.84. The molecule has 2 aromatic carbocycles. The van der Waals surface area contributed by atoms with Crippen LogP contribution in [0, 0.1) is 0 Å². The minimum atomic E-state index is -0.608. The monoisotopic (exact) mass is 432 g/mol. The smallest absolute Gasteiger partial charge is 0.245 e. The Morgan fingerprint density at radius 2 is 1.69 bits per heavy atom. The second-order valence-electron chi connectivity index (χ2n) is 7.88. The molecule has 8 nitrogen and oxygen atoms in total. The quantitative estimate of drug-likeness (QED) is 0.584. The van der Waals surface area contributed by atoms with Gasteiger partial charge in [0.05, 0.1) is 5.52 Å². The van der Waals surface area contributed by atoms with E-state index in [-0.39, 0.29) is 24.8 Å². The third-order valence-corrected chi connectivity index (χ3v) is 5.70. The Kier molecular flexibility index (Phi) is 6.91. The van der Waals surface area contributed by atoms with E-state index in [1.165, 1.54) is 0 Å². The van der Waals surface area contributed by atoms with Gasteiger partial charge in [0.1, 0.15) is 18.2 Å². The molecule has 3 aromatic rings. The zero-order chi connectivity index (χ0) is 22.3. The molecule has 1 aliphatic rings. The third kappa shape index (κ3) is 5.03. The van der Waals surface area contributed by atoms with Crippen LogP contribution in [-0.2, 0) is 16.0 Å². The van der Waals surface area contributed by atoms with E-state index < -0.39 is 6.04 Å². The molecular formula is C24H28N6O2. The highest BCUT2D eigenvalue weighted by Gasteiger charge is 2.29. The molecule has 8 heteroatoms. The van der Waals surface area contributed by atoms with Gasteiger partial charge in [-0.3, -0.25) is 9.59 Å². The van der Waals surface area contributed by atoms with Gasteiger partial charge in [-0.25, -0.2) is 9.97 Å². The molecule has 0 spiro atoms. The van der Waals surface area contributed by atoms with Crippen molar-refractivity contribution in [2.45, 2.75) is 18.9 Å². The van der Waals surface area contributed by atoms with E-state index in [4.69, 9.17) is 5.73 Å². The molecule has 3 N–H and O–H groups in total. The SMILES string of the molecule is NCCC(=O)N[C@H](Cc1ccccc1)C(=O)N1CCN(c2ncnc3ccccc23)CC1. The molecule has 1 aromatic heterocycles. The van der Waals surface area contributed by atoms with Crippen LogP contribution >= 0.6 is 0 Å². The Morgan fingerprint density at radius 1 is 0.969 bits per heavy atom. The predicted molar refractivity (Wildman–Crippen MR) is 124 cm³/mol. The lowest BCUT2D eigenvalue weighted by atomic mass is 10.0. The van der Waals surface area contributed by atoms with Crippen molar-refractivity contribution < 1.29 is 9.59 Å². The number of amides is 2. The standard InChI is InChI=1S/C24H28N6O2/c25-11-10-22(31)28-21(16-18-6-2-1-3-7-18)24(32)30-14-12-29(13-15-30)23-19-8-4-5-9-20(19)26-17-27-23/h1-9,17,21H,10-16,25H2,(H,28,31)/t21-/m1/s1. The van der Waals surface area contributed by atoms with Gasteiger partial charge in [-0.15, -0.1) is 0 Å². The highest BCUT2D eigenvalue weighted by Crippen LogP contribution is 2.23. The summed E-state index contributed by atoms with van der Waals surface area (Å²) in [5, 5.41) is 3.89. The molecule has 0 unspecified atom stereocenters. The van der Waals surface area contributed by atoms with E-state index in [0.717, 1.165) is 22.3 Å². The van der Waals surface area contributed by atoms with Crippen LogP contribution in [0.1, 0.15) is 12.0 Å². The number of carbonyl (C=O) groups is 2. The Bertz CT molecular complexity index is 1060. The van der Waals surface area contributed by atoms with Crippen LogP contribution in [0.4, 0.5) is 5.82 Å². The molecule has 4 rings (SSSR count). The number of aromatic nitrogens is 2. The number of benzene rings is 2. The molecule has 1 atom stereocenters. The van der Waals surface area contributed by atoms with Crippen LogP contribution in [0.2, 0.25) is 0 Å². The van der Waals surface area contributed by atoms with Crippen LogP contribution in [0.15, 0.2) is 60.9 Å².